The van der Waals surface area contributed by atoms with Gasteiger partial charge in [-0.3, -0.25) is 9.59 Å². The highest BCUT2D eigenvalue weighted by Crippen LogP contribution is 2.15. The Balaban J connectivity index is 1.71. The fraction of sp³-hybridized carbons (Fsp3) is 0.211. The van der Waals surface area contributed by atoms with Gasteiger partial charge in [0.2, 0.25) is 0 Å². The summed E-state index contributed by atoms with van der Waals surface area (Å²) in [5, 5.41) is 2.93. The Hall–Kier alpha value is -3.15. The van der Waals surface area contributed by atoms with Crippen molar-refractivity contribution in [3.63, 3.8) is 0 Å². The van der Waals surface area contributed by atoms with Crippen LogP contribution >= 0.6 is 0 Å². The van der Waals surface area contributed by atoms with E-state index in [4.69, 9.17) is 0 Å². The third kappa shape index (κ3) is 3.52. The Morgan fingerprint density at radius 3 is 2.48 bits per heavy atom. The monoisotopic (exact) mass is 336 g/mol. The number of pyridine rings is 1. The number of nitrogens with zero attached hydrogens (tertiary/aromatic N) is 3. The molecule has 6 nitrogen and oxygen atoms in total. The van der Waals surface area contributed by atoms with Crippen LogP contribution in [-0.2, 0) is 0 Å². The molecule has 0 fully saturated rings. The number of imidazole rings is 1. The third-order valence-corrected chi connectivity index (χ3v) is 4.01. The first-order valence-corrected chi connectivity index (χ1v) is 8.02. The molecule has 0 saturated carbocycles. The number of amides is 2. The summed E-state index contributed by atoms with van der Waals surface area (Å²) in [6.45, 7) is 1.90. The molecular weight excluding hydrogens is 316 g/mol. The molecule has 2 aromatic heterocycles. The van der Waals surface area contributed by atoms with Gasteiger partial charge in [0.15, 0.2) is 0 Å². The van der Waals surface area contributed by atoms with E-state index in [1.165, 1.54) is 4.90 Å². The van der Waals surface area contributed by atoms with Crippen molar-refractivity contribution in [2.75, 3.05) is 14.1 Å². The summed E-state index contributed by atoms with van der Waals surface area (Å²) in [6, 6.07) is 12.7. The molecule has 0 saturated heterocycles. The van der Waals surface area contributed by atoms with E-state index in [0.29, 0.717) is 11.3 Å². The number of rotatable bonds is 4. The van der Waals surface area contributed by atoms with E-state index in [1.54, 1.807) is 36.8 Å². The van der Waals surface area contributed by atoms with Crippen LogP contribution in [0.25, 0.3) is 5.65 Å². The first-order chi connectivity index (χ1) is 12.0. The summed E-state index contributed by atoms with van der Waals surface area (Å²) in [5.74, 6) is -0.280. The molecule has 2 amide bonds. The van der Waals surface area contributed by atoms with Crippen molar-refractivity contribution in [3.05, 3.63) is 71.7 Å². The zero-order valence-electron chi connectivity index (χ0n) is 14.4. The lowest BCUT2D eigenvalue weighted by molar-refractivity contribution is 0.0827. The van der Waals surface area contributed by atoms with Gasteiger partial charge >= 0.3 is 0 Å². The number of carbonyl (C=O) groups is 2. The van der Waals surface area contributed by atoms with Gasteiger partial charge in [0.05, 0.1) is 6.04 Å². The Labute approximate surface area is 146 Å². The SMILES string of the molecule is C[C@@H](NC(=O)c1cn2ccccc2n1)c1ccc(C(=O)N(C)C)cc1. The van der Waals surface area contributed by atoms with Gasteiger partial charge in [-0.25, -0.2) is 4.98 Å². The number of benzene rings is 1. The van der Waals surface area contributed by atoms with Gasteiger partial charge in [-0.05, 0) is 36.8 Å². The van der Waals surface area contributed by atoms with E-state index >= 15 is 0 Å². The number of aromatic nitrogens is 2. The van der Waals surface area contributed by atoms with Gasteiger partial charge < -0.3 is 14.6 Å². The highest BCUT2D eigenvalue weighted by molar-refractivity contribution is 5.94. The number of nitrogens with one attached hydrogen (secondary N) is 1. The van der Waals surface area contributed by atoms with E-state index in [1.807, 2.05) is 43.5 Å². The second-order valence-corrected chi connectivity index (χ2v) is 6.11. The molecule has 0 aliphatic carbocycles. The van der Waals surface area contributed by atoms with Gasteiger partial charge in [0.1, 0.15) is 11.3 Å². The molecular formula is C19H20N4O2. The van der Waals surface area contributed by atoms with Crippen LogP contribution < -0.4 is 5.32 Å². The minimum Gasteiger partial charge on any atom is -0.345 e. The smallest absolute Gasteiger partial charge is 0.271 e. The highest BCUT2D eigenvalue weighted by atomic mass is 16.2. The first-order valence-electron chi connectivity index (χ1n) is 8.02. The molecule has 3 aromatic rings. The number of hydrogen-bond acceptors (Lipinski definition) is 3. The van der Waals surface area contributed by atoms with Crippen LogP contribution in [0.15, 0.2) is 54.9 Å². The summed E-state index contributed by atoms with van der Waals surface area (Å²) in [7, 11) is 3.43. The lowest BCUT2D eigenvalue weighted by Gasteiger charge is -2.15. The summed E-state index contributed by atoms with van der Waals surface area (Å²) in [4.78, 5) is 30.2. The molecule has 128 valence electrons. The number of hydrogen-bond donors (Lipinski definition) is 1. The number of carbonyl (C=O) groups excluding carboxylic acids is 2. The average molecular weight is 336 g/mol. The molecule has 0 aliphatic rings. The lowest BCUT2D eigenvalue weighted by Crippen LogP contribution is -2.27. The van der Waals surface area contributed by atoms with Crippen LogP contribution in [-0.4, -0.2) is 40.2 Å². The van der Waals surface area contributed by atoms with Gasteiger partial charge in [0.25, 0.3) is 11.8 Å². The van der Waals surface area contributed by atoms with Crippen molar-refractivity contribution < 1.29 is 9.59 Å². The molecule has 1 N–H and O–H groups in total. The van der Waals surface area contributed by atoms with E-state index in [9.17, 15) is 9.59 Å². The average Bonchev–Trinajstić information content (AvgIpc) is 3.05. The molecule has 0 unspecified atom stereocenters. The van der Waals surface area contributed by atoms with E-state index in [-0.39, 0.29) is 17.9 Å². The first kappa shape index (κ1) is 16.7. The van der Waals surface area contributed by atoms with Crippen LogP contribution in [0.3, 0.4) is 0 Å². The zero-order valence-corrected chi connectivity index (χ0v) is 14.4. The van der Waals surface area contributed by atoms with Crippen LogP contribution in [0.4, 0.5) is 0 Å². The fourth-order valence-electron chi connectivity index (χ4n) is 2.57. The summed E-state index contributed by atoms with van der Waals surface area (Å²) in [5.41, 5.74) is 2.64. The second-order valence-electron chi connectivity index (χ2n) is 6.11. The van der Waals surface area contributed by atoms with Crippen LogP contribution in [0.1, 0.15) is 39.4 Å². The van der Waals surface area contributed by atoms with Gasteiger partial charge in [-0.1, -0.05) is 18.2 Å². The zero-order chi connectivity index (χ0) is 18.0. The predicted molar refractivity (Wildman–Crippen MR) is 95.5 cm³/mol. The Morgan fingerprint density at radius 1 is 1.12 bits per heavy atom. The summed E-state index contributed by atoms with van der Waals surface area (Å²) in [6.07, 6.45) is 3.55. The van der Waals surface area contributed by atoms with Crippen molar-refractivity contribution in [3.8, 4) is 0 Å². The van der Waals surface area contributed by atoms with Crippen LogP contribution in [0.5, 0.6) is 0 Å². The third-order valence-electron chi connectivity index (χ3n) is 4.01. The Morgan fingerprint density at radius 2 is 1.84 bits per heavy atom. The minimum atomic E-state index is -0.232. The standard InChI is InChI=1S/C19H20N4O2/c1-13(14-7-9-15(10-8-14)19(25)22(2)3)20-18(24)16-12-23-11-5-4-6-17(23)21-16/h4-13H,1-3H3,(H,20,24)/t13-/m1/s1. The van der Waals surface area contributed by atoms with E-state index < -0.39 is 0 Å². The molecule has 3 rings (SSSR count). The molecule has 0 spiro atoms. The molecule has 0 aliphatic heterocycles. The van der Waals surface area contributed by atoms with Crippen molar-refractivity contribution in [1.82, 2.24) is 19.6 Å². The molecule has 25 heavy (non-hydrogen) atoms. The largest absolute Gasteiger partial charge is 0.345 e. The lowest BCUT2D eigenvalue weighted by atomic mass is 10.1. The van der Waals surface area contributed by atoms with Gasteiger partial charge in [0, 0.05) is 32.1 Å². The maximum absolute atomic E-state index is 12.4. The molecule has 1 atom stereocenters. The Bertz CT molecular complexity index is 880. The van der Waals surface area contributed by atoms with E-state index in [0.717, 1.165) is 11.2 Å². The molecule has 6 heteroatoms. The minimum absolute atomic E-state index is 0.0482. The van der Waals surface area contributed by atoms with Crippen LogP contribution in [0, 0.1) is 0 Å². The van der Waals surface area contributed by atoms with Crippen molar-refractivity contribution in [2.45, 2.75) is 13.0 Å². The molecule has 0 bridgehead atoms. The highest BCUT2D eigenvalue weighted by Gasteiger charge is 2.15. The second kappa shape index (κ2) is 6.76. The fourth-order valence-corrected chi connectivity index (χ4v) is 2.57. The summed E-state index contributed by atoms with van der Waals surface area (Å²) < 4.78 is 1.81. The normalized spacial score (nSPS) is 12.0. The van der Waals surface area contributed by atoms with Gasteiger partial charge in [-0.15, -0.1) is 0 Å². The molecule has 2 heterocycles. The predicted octanol–water partition coefficient (Wildman–Crippen LogP) is 2.53. The topological polar surface area (TPSA) is 66.7 Å². The molecule has 0 radical (unpaired) electrons. The maximum Gasteiger partial charge on any atom is 0.271 e. The van der Waals surface area contributed by atoms with Crippen LogP contribution in [0.2, 0.25) is 0 Å². The summed E-state index contributed by atoms with van der Waals surface area (Å²) >= 11 is 0. The quantitative estimate of drug-likeness (QED) is 0.796. The molecule has 1 aromatic carbocycles. The van der Waals surface area contributed by atoms with Crippen molar-refractivity contribution in [1.29, 1.82) is 0 Å². The maximum atomic E-state index is 12.4. The Kier molecular flexibility index (Phi) is 4.52. The van der Waals surface area contributed by atoms with Gasteiger partial charge in [-0.2, -0.15) is 0 Å². The number of fused-ring (bicyclic) bond motifs is 1. The van der Waals surface area contributed by atoms with Crippen molar-refractivity contribution in [2.24, 2.45) is 0 Å². The van der Waals surface area contributed by atoms with E-state index in [2.05, 4.69) is 10.3 Å². The van der Waals surface area contributed by atoms with Crippen molar-refractivity contribution >= 4 is 17.5 Å².